The summed E-state index contributed by atoms with van der Waals surface area (Å²) in [7, 11) is 0. The second-order valence-electron chi connectivity index (χ2n) is 5.48. The van der Waals surface area contributed by atoms with Crippen LogP contribution in [0.3, 0.4) is 0 Å². The Kier molecular flexibility index (Phi) is 3.99. The van der Waals surface area contributed by atoms with Gasteiger partial charge in [-0.1, -0.05) is 48.6 Å². The van der Waals surface area contributed by atoms with E-state index in [4.69, 9.17) is 0 Å². The number of carbonyl (C=O) groups excluding carboxylic acids is 1. The molecule has 4 aromatic rings. The number of nitrogens with zero attached hydrogens (tertiary/aromatic N) is 4. The van der Waals surface area contributed by atoms with Crippen LogP contribution in [0.2, 0.25) is 0 Å². The molecule has 0 aliphatic carbocycles. The van der Waals surface area contributed by atoms with Gasteiger partial charge in [0.25, 0.3) is 5.91 Å². The summed E-state index contributed by atoms with van der Waals surface area (Å²) in [5, 5.41) is 12.2. The van der Waals surface area contributed by atoms with Crippen LogP contribution in [0.25, 0.3) is 16.9 Å². The molecule has 1 aromatic carbocycles. The molecule has 124 valence electrons. The number of aromatic nitrogens is 4. The van der Waals surface area contributed by atoms with Crippen LogP contribution in [0.15, 0.2) is 54.9 Å². The molecule has 3 heterocycles. The van der Waals surface area contributed by atoms with Crippen LogP contribution in [0, 0.1) is 0 Å². The topological polar surface area (TPSA) is 72.2 Å². The first kappa shape index (κ1) is 15.5. The zero-order valence-corrected chi connectivity index (χ0v) is 14.3. The van der Waals surface area contributed by atoms with Gasteiger partial charge in [0.15, 0.2) is 0 Å². The summed E-state index contributed by atoms with van der Waals surface area (Å²) in [6.45, 7) is 2.00. The number of aryl methyl sites for hydroxylation is 1. The molecule has 0 saturated carbocycles. The van der Waals surface area contributed by atoms with Gasteiger partial charge < -0.3 is 4.40 Å². The van der Waals surface area contributed by atoms with Crippen LogP contribution in [0.4, 0.5) is 5.13 Å². The van der Waals surface area contributed by atoms with E-state index < -0.39 is 0 Å². The second-order valence-corrected chi connectivity index (χ2v) is 6.54. The lowest BCUT2D eigenvalue weighted by Crippen LogP contribution is -2.12. The van der Waals surface area contributed by atoms with Crippen molar-refractivity contribution in [1.82, 2.24) is 19.6 Å². The highest BCUT2D eigenvalue weighted by Crippen LogP contribution is 2.20. The van der Waals surface area contributed by atoms with E-state index in [1.807, 2.05) is 54.0 Å². The summed E-state index contributed by atoms with van der Waals surface area (Å²) >= 11 is 1.39. The Morgan fingerprint density at radius 2 is 2.04 bits per heavy atom. The summed E-state index contributed by atoms with van der Waals surface area (Å²) < 4.78 is 1.90. The summed E-state index contributed by atoms with van der Waals surface area (Å²) in [5.41, 5.74) is 3.16. The van der Waals surface area contributed by atoms with Gasteiger partial charge in [-0.05, 0) is 18.6 Å². The summed E-state index contributed by atoms with van der Waals surface area (Å²) in [5.74, 6) is -0.217. The monoisotopic (exact) mass is 349 g/mol. The van der Waals surface area contributed by atoms with Crippen molar-refractivity contribution in [3.05, 3.63) is 65.4 Å². The molecule has 0 aliphatic rings. The van der Waals surface area contributed by atoms with E-state index in [1.54, 1.807) is 12.1 Å². The van der Waals surface area contributed by atoms with E-state index >= 15 is 0 Å². The van der Waals surface area contributed by atoms with Gasteiger partial charge in [0, 0.05) is 23.5 Å². The van der Waals surface area contributed by atoms with E-state index in [1.165, 1.54) is 11.3 Å². The molecule has 0 spiro atoms. The molecule has 1 amide bonds. The van der Waals surface area contributed by atoms with Crippen molar-refractivity contribution in [3.63, 3.8) is 0 Å². The number of pyridine rings is 1. The Bertz CT molecular complexity index is 1040. The highest BCUT2D eigenvalue weighted by atomic mass is 32.1. The fourth-order valence-electron chi connectivity index (χ4n) is 2.49. The molecular weight excluding hydrogens is 334 g/mol. The smallest absolute Gasteiger partial charge is 0.257 e. The third-order valence-corrected chi connectivity index (χ3v) is 4.76. The van der Waals surface area contributed by atoms with Crippen molar-refractivity contribution in [1.29, 1.82) is 0 Å². The van der Waals surface area contributed by atoms with E-state index in [0.717, 1.165) is 28.3 Å². The van der Waals surface area contributed by atoms with Gasteiger partial charge in [0.05, 0.1) is 5.69 Å². The molecule has 0 radical (unpaired) electrons. The molecule has 6 nitrogen and oxygen atoms in total. The lowest BCUT2D eigenvalue weighted by Gasteiger charge is -2.01. The molecule has 0 aliphatic heterocycles. The van der Waals surface area contributed by atoms with E-state index in [-0.39, 0.29) is 5.91 Å². The minimum absolute atomic E-state index is 0.217. The minimum Gasteiger partial charge on any atom is -0.306 e. The maximum absolute atomic E-state index is 12.4. The molecule has 0 fully saturated rings. The number of imidazole rings is 1. The zero-order chi connectivity index (χ0) is 17.2. The van der Waals surface area contributed by atoms with Gasteiger partial charge in [-0.25, -0.2) is 4.98 Å². The van der Waals surface area contributed by atoms with Crippen LogP contribution in [-0.4, -0.2) is 25.5 Å². The highest BCUT2D eigenvalue weighted by Gasteiger charge is 2.12. The minimum atomic E-state index is -0.217. The Morgan fingerprint density at radius 3 is 2.80 bits per heavy atom. The fraction of sp³-hybridized carbons (Fsp3) is 0.111. The maximum Gasteiger partial charge on any atom is 0.257 e. The van der Waals surface area contributed by atoms with Crippen molar-refractivity contribution >= 4 is 28.0 Å². The van der Waals surface area contributed by atoms with E-state index in [2.05, 4.69) is 20.5 Å². The normalized spacial score (nSPS) is 10.9. The maximum atomic E-state index is 12.4. The van der Waals surface area contributed by atoms with Crippen molar-refractivity contribution in [2.24, 2.45) is 0 Å². The molecule has 3 aromatic heterocycles. The molecule has 4 rings (SSSR count). The molecule has 7 heteroatoms. The molecule has 0 unspecified atom stereocenters. The van der Waals surface area contributed by atoms with Crippen LogP contribution >= 0.6 is 11.3 Å². The van der Waals surface area contributed by atoms with Gasteiger partial charge in [-0.2, -0.15) is 0 Å². The van der Waals surface area contributed by atoms with Crippen molar-refractivity contribution in [3.8, 4) is 11.3 Å². The number of nitrogens with one attached hydrogen (secondary N) is 1. The van der Waals surface area contributed by atoms with E-state index in [0.29, 0.717) is 10.7 Å². The molecule has 0 bridgehead atoms. The number of benzene rings is 1. The van der Waals surface area contributed by atoms with Crippen molar-refractivity contribution < 1.29 is 4.79 Å². The highest BCUT2D eigenvalue weighted by molar-refractivity contribution is 7.15. The number of fused-ring (bicyclic) bond motifs is 1. The molecule has 0 atom stereocenters. The number of anilines is 1. The van der Waals surface area contributed by atoms with Crippen LogP contribution < -0.4 is 5.32 Å². The predicted molar refractivity (Wildman–Crippen MR) is 97.9 cm³/mol. The molecule has 25 heavy (non-hydrogen) atoms. The number of rotatable bonds is 4. The fourth-order valence-corrected chi connectivity index (χ4v) is 3.16. The quantitative estimate of drug-likeness (QED) is 0.610. The summed E-state index contributed by atoms with van der Waals surface area (Å²) in [6, 6.07) is 13.5. The Hall–Kier alpha value is -3.06. The molecular formula is C18H15N5OS. The zero-order valence-electron chi connectivity index (χ0n) is 13.5. The lowest BCUT2D eigenvalue weighted by molar-refractivity contribution is 0.102. The Balaban J connectivity index is 1.61. The van der Waals surface area contributed by atoms with Gasteiger partial charge in [-0.15, -0.1) is 10.2 Å². The van der Waals surface area contributed by atoms with Gasteiger partial charge in [0.1, 0.15) is 10.7 Å². The van der Waals surface area contributed by atoms with Crippen LogP contribution in [0.5, 0.6) is 0 Å². The summed E-state index contributed by atoms with van der Waals surface area (Å²) in [6.07, 6.45) is 4.59. The number of carbonyl (C=O) groups is 1. The molecule has 1 N–H and O–H groups in total. The molecule has 0 saturated heterocycles. The largest absolute Gasteiger partial charge is 0.306 e. The number of hydrogen-bond acceptors (Lipinski definition) is 5. The Labute approximate surface area is 148 Å². The van der Waals surface area contributed by atoms with Crippen LogP contribution in [-0.2, 0) is 6.42 Å². The third-order valence-electron chi connectivity index (χ3n) is 3.78. The SMILES string of the molecule is CCc1nnc(NC(=O)c2ccn3cc(-c4ccccc4)nc3c2)s1. The van der Waals surface area contributed by atoms with Crippen LogP contribution in [0.1, 0.15) is 22.3 Å². The van der Waals surface area contributed by atoms with Gasteiger partial charge >= 0.3 is 0 Å². The summed E-state index contributed by atoms with van der Waals surface area (Å²) in [4.78, 5) is 17.0. The average Bonchev–Trinajstić information content (AvgIpc) is 3.28. The lowest BCUT2D eigenvalue weighted by atomic mass is 10.2. The van der Waals surface area contributed by atoms with Crippen molar-refractivity contribution in [2.45, 2.75) is 13.3 Å². The second kappa shape index (κ2) is 6.45. The van der Waals surface area contributed by atoms with Crippen molar-refractivity contribution in [2.75, 3.05) is 5.32 Å². The first-order valence-electron chi connectivity index (χ1n) is 7.91. The number of amides is 1. The predicted octanol–water partition coefficient (Wildman–Crippen LogP) is 3.67. The first-order valence-corrected chi connectivity index (χ1v) is 8.72. The third kappa shape index (κ3) is 3.14. The standard InChI is InChI=1S/C18H15N5OS/c1-2-16-21-22-18(25-16)20-17(24)13-8-9-23-11-14(19-15(23)10-13)12-6-4-3-5-7-12/h3-11H,2H2,1H3,(H,20,22,24). The Morgan fingerprint density at radius 1 is 1.20 bits per heavy atom. The van der Waals surface area contributed by atoms with Gasteiger partial charge in [-0.3, -0.25) is 10.1 Å². The number of hydrogen-bond donors (Lipinski definition) is 1. The van der Waals surface area contributed by atoms with E-state index in [9.17, 15) is 4.79 Å². The average molecular weight is 349 g/mol. The van der Waals surface area contributed by atoms with Gasteiger partial charge in [0.2, 0.25) is 5.13 Å². The first-order chi connectivity index (χ1) is 12.2.